The first-order valence-electron chi connectivity index (χ1n) is 10.1. The van der Waals surface area contributed by atoms with Gasteiger partial charge in [-0.15, -0.1) is 0 Å². The predicted molar refractivity (Wildman–Crippen MR) is 128 cm³/mol. The maximum atomic E-state index is 13.7. The molecule has 0 aliphatic carbocycles. The van der Waals surface area contributed by atoms with Crippen molar-refractivity contribution in [2.45, 2.75) is 26.4 Å². The molecule has 0 fully saturated rings. The Kier molecular flexibility index (Phi) is 6.46. The second kappa shape index (κ2) is 9.44. The summed E-state index contributed by atoms with van der Waals surface area (Å²) in [6.07, 6.45) is 1.61. The van der Waals surface area contributed by atoms with Crippen LogP contribution in [-0.4, -0.2) is 15.9 Å². The molecule has 0 spiro atoms. The molecule has 0 saturated heterocycles. The van der Waals surface area contributed by atoms with Gasteiger partial charge in [-0.2, -0.15) is 9.78 Å². The molecule has 0 aliphatic heterocycles. The van der Waals surface area contributed by atoms with Gasteiger partial charge in [0.2, 0.25) is 0 Å². The molecular formula is C25H21BrFN3O2. The molecule has 3 aromatic carbocycles. The van der Waals surface area contributed by atoms with E-state index >= 15 is 0 Å². The molecule has 7 heteroatoms. The molecule has 0 radical (unpaired) electrons. The summed E-state index contributed by atoms with van der Waals surface area (Å²) in [5, 5.41) is 4.92. The average molecular weight is 494 g/mol. The van der Waals surface area contributed by atoms with Crippen LogP contribution in [0.4, 0.5) is 4.39 Å². The maximum Gasteiger partial charge on any atom is 0.282 e. The van der Waals surface area contributed by atoms with Gasteiger partial charge in [-0.1, -0.05) is 48.0 Å². The number of nitrogens with zero attached hydrogens (tertiary/aromatic N) is 3. The lowest BCUT2D eigenvalue weighted by Gasteiger charge is -2.12. The Morgan fingerprint density at radius 3 is 2.59 bits per heavy atom. The minimum Gasteiger partial charge on any atom is -0.489 e. The molecule has 5 nitrogen and oxygen atoms in total. The summed E-state index contributed by atoms with van der Waals surface area (Å²) >= 11 is 3.41. The standard InChI is InChI=1S/C25H21BrFN3O2/c1-16(2)24-29-23-12-9-19(26)13-21(23)25(31)30(24)28-14-17-7-10-20(11-8-17)32-15-18-5-3-4-6-22(18)27/h3-14,16H,15H2,1-2H3. The lowest BCUT2D eigenvalue weighted by molar-refractivity contribution is 0.300. The predicted octanol–water partition coefficient (Wildman–Crippen LogP) is 5.88. The normalized spacial score (nSPS) is 11.5. The van der Waals surface area contributed by atoms with Gasteiger partial charge in [0, 0.05) is 16.0 Å². The van der Waals surface area contributed by atoms with E-state index in [1.54, 1.807) is 42.6 Å². The number of halogens is 2. The molecule has 0 aliphatic rings. The molecule has 1 heterocycles. The largest absolute Gasteiger partial charge is 0.489 e. The number of ether oxygens (including phenoxy) is 1. The molecule has 0 unspecified atom stereocenters. The lowest BCUT2D eigenvalue weighted by atomic mass is 10.2. The highest BCUT2D eigenvalue weighted by Crippen LogP contribution is 2.19. The zero-order valence-electron chi connectivity index (χ0n) is 17.6. The van der Waals surface area contributed by atoms with Crippen molar-refractivity contribution >= 4 is 33.0 Å². The Bertz CT molecular complexity index is 1350. The Morgan fingerprint density at radius 2 is 1.88 bits per heavy atom. The SMILES string of the molecule is CC(C)c1nc2ccc(Br)cc2c(=O)n1N=Cc1ccc(OCc2ccccc2F)cc1. The van der Waals surface area contributed by atoms with Crippen LogP contribution < -0.4 is 10.3 Å². The van der Waals surface area contributed by atoms with Crippen LogP contribution in [0, 0.1) is 5.82 Å². The van der Waals surface area contributed by atoms with E-state index in [2.05, 4.69) is 26.0 Å². The van der Waals surface area contributed by atoms with E-state index in [0.717, 1.165) is 10.0 Å². The second-order valence-electron chi connectivity index (χ2n) is 7.60. The highest BCUT2D eigenvalue weighted by atomic mass is 79.9. The summed E-state index contributed by atoms with van der Waals surface area (Å²) in [6, 6.07) is 19.2. The molecule has 4 aromatic rings. The molecule has 1 aromatic heterocycles. The van der Waals surface area contributed by atoms with E-state index in [-0.39, 0.29) is 23.9 Å². The van der Waals surface area contributed by atoms with Crippen molar-refractivity contribution in [1.29, 1.82) is 0 Å². The molecule has 0 bridgehead atoms. The van der Waals surface area contributed by atoms with Crippen molar-refractivity contribution in [1.82, 2.24) is 9.66 Å². The molecule has 0 N–H and O–H groups in total. The van der Waals surface area contributed by atoms with Crippen molar-refractivity contribution in [3.05, 3.63) is 104 Å². The lowest BCUT2D eigenvalue weighted by Crippen LogP contribution is -2.23. The van der Waals surface area contributed by atoms with Gasteiger partial charge >= 0.3 is 0 Å². The van der Waals surface area contributed by atoms with E-state index < -0.39 is 0 Å². The Balaban J connectivity index is 1.57. The van der Waals surface area contributed by atoms with Crippen LogP contribution in [0.1, 0.15) is 36.7 Å². The van der Waals surface area contributed by atoms with Gasteiger partial charge < -0.3 is 4.74 Å². The van der Waals surface area contributed by atoms with Gasteiger partial charge in [-0.3, -0.25) is 4.79 Å². The Labute approximate surface area is 193 Å². The van der Waals surface area contributed by atoms with Crippen LogP contribution in [-0.2, 0) is 6.61 Å². The topological polar surface area (TPSA) is 56.5 Å². The fourth-order valence-corrected chi connectivity index (χ4v) is 3.56. The van der Waals surface area contributed by atoms with Crippen LogP contribution in [0.3, 0.4) is 0 Å². The van der Waals surface area contributed by atoms with Crippen molar-refractivity contribution in [3.8, 4) is 5.75 Å². The van der Waals surface area contributed by atoms with Gasteiger partial charge in [-0.05, 0) is 54.1 Å². The van der Waals surface area contributed by atoms with E-state index in [1.807, 2.05) is 38.1 Å². The monoisotopic (exact) mass is 493 g/mol. The van der Waals surface area contributed by atoms with Gasteiger partial charge in [0.05, 0.1) is 17.1 Å². The maximum absolute atomic E-state index is 13.7. The third-order valence-corrected chi connectivity index (χ3v) is 5.40. The Morgan fingerprint density at radius 1 is 1.12 bits per heavy atom. The Hall–Kier alpha value is -3.32. The average Bonchev–Trinajstić information content (AvgIpc) is 2.79. The minimum atomic E-state index is -0.293. The summed E-state index contributed by atoms with van der Waals surface area (Å²) in [5.41, 5.74) is 1.71. The summed E-state index contributed by atoms with van der Waals surface area (Å²) in [7, 11) is 0. The first kappa shape index (κ1) is 21.9. The van der Waals surface area contributed by atoms with Crippen molar-refractivity contribution in [2.24, 2.45) is 5.10 Å². The molecule has 0 saturated carbocycles. The first-order valence-corrected chi connectivity index (χ1v) is 10.9. The van der Waals surface area contributed by atoms with E-state index in [9.17, 15) is 9.18 Å². The zero-order valence-corrected chi connectivity index (χ0v) is 19.2. The van der Waals surface area contributed by atoms with Gasteiger partial charge in [0.25, 0.3) is 5.56 Å². The smallest absolute Gasteiger partial charge is 0.282 e. The van der Waals surface area contributed by atoms with Crippen molar-refractivity contribution in [2.75, 3.05) is 0 Å². The van der Waals surface area contributed by atoms with Crippen LogP contribution in [0.5, 0.6) is 5.75 Å². The third-order valence-electron chi connectivity index (χ3n) is 4.90. The quantitative estimate of drug-likeness (QED) is 0.315. The molecule has 32 heavy (non-hydrogen) atoms. The fourth-order valence-electron chi connectivity index (χ4n) is 3.20. The highest BCUT2D eigenvalue weighted by molar-refractivity contribution is 9.10. The summed E-state index contributed by atoms with van der Waals surface area (Å²) < 4.78 is 21.5. The highest BCUT2D eigenvalue weighted by Gasteiger charge is 2.13. The van der Waals surface area contributed by atoms with Crippen molar-refractivity contribution in [3.63, 3.8) is 0 Å². The van der Waals surface area contributed by atoms with Crippen LogP contribution in [0.15, 0.2) is 81.1 Å². The van der Waals surface area contributed by atoms with Gasteiger partial charge in [-0.25, -0.2) is 9.37 Å². The number of hydrogen-bond acceptors (Lipinski definition) is 4. The summed E-state index contributed by atoms with van der Waals surface area (Å²) in [4.78, 5) is 17.7. The first-order chi connectivity index (χ1) is 15.4. The number of fused-ring (bicyclic) bond motifs is 1. The second-order valence-corrected chi connectivity index (χ2v) is 8.51. The van der Waals surface area contributed by atoms with Crippen LogP contribution >= 0.6 is 15.9 Å². The van der Waals surface area contributed by atoms with Crippen molar-refractivity contribution < 1.29 is 9.13 Å². The molecule has 0 amide bonds. The number of hydrogen-bond donors (Lipinski definition) is 0. The number of aromatic nitrogens is 2. The fraction of sp³-hybridized carbons (Fsp3) is 0.160. The van der Waals surface area contributed by atoms with E-state index in [1.165, 1.54) is 10.7 Å². The van der Waals surface area contributed by atoms with Crippen LogP contribution in [0.2, 0.25) is 0 Å². The minimum absolute atomic E-state index is 0.0158. The van der Waals surface area contributed by atoms with Crippen LogP contribution in [0.25, 0.3) is 10.9 Å². The molecular weight excluding hydrogens is 473 g/mol. The van der Waals surface area contributed by atoms with Gasteiger partial charge in [0.1, 0.15) is 24.0 Å². The molecule has 0 atom stereocenters. The zero-order chi connectivity index (χ0) is 22.7. The third kappa shape index (κ3) is 4.78. The van der Waals surface area contributed by atoms with E-state index in [0.29, 0.717) is 28.0 Å². The molecule has 4 rings (SSSR count). The summed E-state index contributed by atoms with van der Waals surface area (Å²) in [5.74, 6) is 0.925. The number of benzene rings is 3. The van der Waals surface area contributed by atoms with Gasteiger partial charge in [0.15, 0.2) is 0 Å². The van der Waals surface area contributed by atoms with E-state index in [4.69, 9.17) is 4.74 Å². The summed E-state index contributed by atoms with van der Waals surface area (Å²) in [6.45, 7) is 4.09. The molecule has 162 valence electrons. The number of rotatable bonds is 6.